The van der Waals surface area contributed by atoms with Crippen LogP contribution < -0.4 is 5.32 Å². The van der Waals surface area contributed by atoms with Gasteiger partial charge in [0.15, 0.2) is 0 Å². The maximum Gasteiger partial charge on any atom is 0.274 e. The molecule has 0 aliphatic heterocycles. The Hall–Kier alpha value is -3.66. The summed E-state index contributed by atoms with van der Waals surface area (Å²) in [4.78, 5) is 21.7. The van der Waals surface area contributed by atoms with Crippen molar-refractivity contribution in [3.63, 3.8) is 0 Å². The molecule has 0 atom stereocenters. The number of nitrogens with one attached hydrogen (secondary N) is 1. The van der Waals surface area contributed by atoms with Gasteiger partial charge in [-0.2, -0.15) is 4.98 Å². The Morgan fingerprint density at radius 2 is 2.06 bits per heavy atom. The van der Waals surface area contributed by atoms with Crippen molar-refractivity contribution in [1.82, 2.24) is 19.5 Å². The molecule has 2 N–H and O–H groups in total. The lowest BCUT2D eigenvalue weighted by atomic mass is 9.81. The Labute approximate surface area is 200 Å². The summed E-state index contributed by atoms with van der Waals surface area (Å²) < 4.78 is 33.2. The highest BCUT2D eigenvalue weighted by Gasteiger charge is 2.48. The Balaban J connectivity index is 1.35. The van der Waals surface area contributed by atoms with Crippen LogP contribution in [0.1, 0.15) is 60.1 Å². The molecule has 0 radical (unpaired) electrons. The van der Waals surface area contributed by atoms with Crippen LogP contribution in [0.5, 0.6) is 0 Å². The zero-order valence-electron chi connectivity index (χ0n) is 19.5. The van der Waals surface area contributed by atoms with Crippen LogP contribution in [0, 0.1) is 6.92 Å². The van der Waals surface area contributed by atoms with Gasteiger partial charge in [-0.15, -0.1) is 0 Å². The molecule has 35 heavy (non-hydrogen) atoms. The van der Waals surface area contributed by atoms with Crippen LogP contribution in [0.2, 0.25) is 0 Å². The number of alkyl halides is 2. The average Bonchev–Trinajstić information content (AvgIpc) is 3.39. The minimum atomic E-state index is -2.67. The average molecular weight is 482 g/mol. The van der Waals surface area contributed by atoms with Crippen molar-refractivity contribution in [2.24, 2.45) is 0 Å². The van der Waals surface area contributed by atoms with Crippen molar-refractivity contribution in [2.45, 2.75) is 57.5 Å². The Bertz CT molecular complexity index is 1410. The normalized spacial score (nSPS) is 15.8. The molecule has 0 spiro atoms. The van der Waals surface area contributed by atoms with E-state index >= 15 is 0 Å². The van der Waals surface area contributed by atoms with Crippen LogP contribution in [0.3, 0.4) is 0 Å². The molecule has 5 rings (SSSR count). The topological polar surface area (TPSA) is 106 Å². The van der Waals surface area contributed by atoms with Gasteiger partial charge in [-0.25, -0.2) is 13.8 Å². The summed E-state index contributed by atoms with van der Waals surface area (Å²) in [5, 5.41) is 16.9. The van der Waals surface area contributed by atoms with Gasteiger partial charge in [-0.3, -0.25) is 9.20 Å². The number of nitrogens with zero attached hydrogens (tertiary/aromatic N) is 4. The number of hydrogen-bond acceptors (Lipinski definition) is 6. The quantitative estimate of drug-likeness (QED) is 0.411. The van der Waals surface area contributed by atoms with Crippen molar-refractivity contribution >= 4 is 17.2 Å². The standard InChI is InChI=1S/C25H25F2N5O3/c1-14-4-5-16(21-30-23(35-31-21)17-11-25(26,27)12-17)9-18(14)29-22(33)19-13-28-20-8-15(6-7-32(19)20)10-24(2,3)34/h4-9,13,17,34H,10-12H2,1-3H3,(H,29,33). The fourth-order valence-corrected chi connectivity index (χ4v) is 4.24. The van der Waals surface area contributed by atoms with Gasteiger partial charge in [0.2, 0.25) is 17.6 Å². The minimum absolute atomic E-state index is 0.201. The van der Waals surface area contributed by atoms with Crippen LogP contribution in [0.4, 0.5) is 14.5 Å². The highest BCUT2D eigenvalue weighted by atomic mass is 19.3. The first-order valence-electron chi connectivity index (χ1n) is 11.3. The molecule has 1 aromatic carbocycles. The molecule has 0 bridgehead atoms. The molecule has 1 amide bonds. The maximum atomic E-state index is 13.2. The first-order chi connectivity index (χ1) is 16.5. The highest BCUT2D eigenvalue weighted by Crippen LogP contribution is 2.48. The number of amides is 1. The first-order valence-corrected chi connectivity index (χ1v) is 11.3. The molecule has 0 unspecified atom stereocenters. The maximum absolute atomic E-state index is 13.2. The van der Waals surface area contributed by atoms with Gasteiger partial charge >= 0.3 is 0 Å². The Morgan fingerprint density at radius 3 is 2.77 bits per heavy atom. The van der Waals surface area contributed by atoms with Crippen LogP contribution >= 0.6 is 0 Å². The molecule has 3 aromatic heterocycles. The molecule has 1 aliphatic rings. The summed E-state index contributed by atoms with van der Waals surface area (Å²) in [6.45, 7) is 5.33. The van der Waals surface area contributed by atoms with Crippen LogP contribution in [-0.4, -0.2) is 42.1 Å². The van der Waals surface area contributed by atoms with Crippen molar-refractivity contribution < 1.29 is 23.2 Å². The second-order valence-electron chi connectivity index (χ2n) is 9.80. The number of anilines is 1. The second kappa shape index (κ2) is 8.23. The van der Waals surface area contributed by atoms with E-state index in [4.69, 9.17) is 4.52 Å². The number of imidazole rings is 1. The van der Waals surface area contributed by atoms with Gasteiger partial charge in [0.1, 0.15) is 11.3 Å². The number of halogens is 2. The fraction of sp³-hybridized carbons (Fsp3) is 0.360. The minimum Gasteiger partial charge on any atom is -0.390 e. The van der Waals surface area contributed by atoms with E-state index in [9.17, 15) is 18.7 Å². The largest absolute Gasteiger partial charge is 0.390 e. The second-order valence-corrected chi connectivity index (χ2v) is 9.80. The van der Waals surface area contributed by atoms with E-state index in [1.807, 2.05) is 25.1 Å². The number of aryl methyl sites for hydroxylation is 1. The van der Waals surface area contributed by atoms with Gasteiger partial charge in [-0.05, 0) is 50.1 Å². The van der Waals surface area contributed by atoms with Crippen molar-refractivity contribution in [1.29, 1.82) is 0 Å². The monoisotopic (exact) mass is 481 g/mol. The lowest BCUT2D eigenvalue weighted by molar-refractivity contribution is -0.0925. The predicted octanol–water partition coefficient (Wildman–Crippen LogP) is 4.77. The Kier molecular flexibility index (Phi) is 5.43. The molecular weight excluding hydrogens is 456 g/mol. The van der Waals surface area contributed by atoms with Crippen molar-refractivity contribution in [3.05, 3.63) is 65.4 Å². The number of rotatable bonds is 6. The van der Waals surface area contributed by atoms with Gasteiger partial charge < -0.3 is 14.9 Å². The molecule has 10 heteroatoms. The van der Waals surface area contributed by atoms with Gasteiger partial charge in [-0.1, -0.05) is 17.3 Å². The number of hydrogen-bond donors (Lipinski definition) is 2. The summed E-state index contributed by atoms with van der Waals surface area (Å²) in [6.07, 6.45) is 3.14. The number of aromatic nitrogens is 4. The molecule has 1 saturated carbocycles. The molecule has 1 fully saturated rings. The van der Waals surface area contributed by atoms with Crippen molar-refractivity contribution in [3.8, 4) is 11.4 Å². The summed E-state index contributed by atoms with van der Waals surface area (Å²) in [7, 11) is 0. The first kappa shape index (κ1) is 23.1. The van der Waals surface area contributed by atoms with E-state index in [-0.39, 0.29) is 30.5 Å². The third-order valence-electron chi connectivity index (χ3n) is 6.07. The number of carbonyl (C=O) groups excluding carboxylic acids is 1. The zero-order valence-corrected chi connectivity index (χ0v) is 19.5. The Morgan fingerprint density at radius 1 is 1.29 bits per heavy atom. The lowest BCUT2D eigenvalue weighted by Crippen LogP contribution is -2.33. The summed E-state index contributed by atoms with van der Waals surface area (Å²) >= 11 is 0. The van der Waals surface area contributed by atoms with E-state index in [1.165, 1.54) is 6.20 Å². The molecular formula is C25H25F2N5O3. The predicted molar refractivity (Wildman–Crippen MR) is 125 cm³/mol. The van der Waals surface area contributed by atoms with E-state index < -0.39 is 17.4 Å². The van der Waals surface area contributed by atoms with E-state index in [0.717, 1.165) is 11.1 Å². The van der Waals surface area contributed by atoms with Gasteiger partial charge in [0.25, 0.3) is 5.91 Å². The molecule has 3 heterocycles. The third-order valence-corrected chi connectivity index (χ3v) is 6.07. The summed E-state index contributed by atoms with van der Waals surface area (Å²) in [6, 6.07) is 9.01. The molecule has 8 nitrogen and oxygen atoms in total. The SMILES string of the molecule is Cc1ccc(-c2noc(C3CC(F)(F)C3)n2)cc1NC(=O)c1cnc2cc(CC(C)(C)O)ccn12. The zero-order chi connectivity index (χ0) is 25.0. The van der Waals surface area contributed by atoms with E-state index in [0.29, 0.717) is 29.0 Å². The van der Waals surface area contributed by atoms with Gasteiger partial charge in [0.05, 0.1) is 11.8 Å². The number of fused-ring (bicyclic) bond motifs is 1. The highest BCUT2D eigenvalue weighted by molar-refractivity contribution is 6.04. The van der Waals surface area contributed by atoms with Crippen LogP contribution in [0.25, 0.3) is 17.0 Å². The summed E-state index contributed by atoms with van der Waals surface area (Å²) in [5.41, 5.74) is 3.00. The van der Waals surface area contributed by atoms with Crippen LogP contribution in [-0.2, 0) is 6.42 Å². The smallest absolute Gasteiger partial charge is 0.274 e. The molecule has 1 aliphatic carbocycles. The molecule has 0 saturated heterocycles. The number of aliphatic hydroxyl groups is 1. The van der Waals surface area contributed by atoms with Crippen molar-refractivity contribution in [2.75, 3.05) is 5.32 Å². The van der Waals surface area contributed by atoms with E-state index in [2.05, 4.69) is 20.4 Å². The van der Waals surface area contributed by atoms with Gasteiger partial charge in [0, 0.05) is 42.6 Å². The number of pyridine rings is 1. The number of benzene rings is 1. The number of carbonyl (C=O) groups is 1. The molecule has 182 valence electrons. The molecule has 4 aromatic rings. The summed E-state index contributed by atoms with van der Waals surface area (Å²) in [5.74, 6) is -2.98. The third kappa shape index (κ3) is 4.79. The van der Waals surface area contributed by atoms with Crippen LogP contribution in [0.15, 0.2) is 47.2 Å². The fourth-order valence-electron chi connectivity index (χ4n) is 4.24. The lowest BCUT2D eigenvalue weighted by Gasteiger charge is -2.31. The van der Waals surface area contributed by atoms with E-state index in [1.54, 1.807) is 36.6 Å².